The van der Waals surface area contributed by atoms with E-state index in [0.717, 1.165) is 52.3 Å². The van der Waals surface area contributed by atoms with Crippen LogP contribution in [-0.4, -0.2) is 43.7 Å². The molecule has 0 fully saturated rings. The van der Waals surface area contributed by atoms with Gasteiger partial charge in [0.25, 0.3) is 0 Å². The molecular weight excluding hydrogens is 530 g/mol. The molecule has 1 aliphatic rings. The third-order valence-corrected chi connectivity index (χ3v) is 6.95. The van der Waals surface area contributed by atoms with E-state index < -0.39 is 12.1 Å². The van der Waals surface area contributed by atoms with E-state index in [-0.39, 0.29) is 13.4 Å². The fraction of sp³-hybridized carbons (Fsp3) is 0.229. The van der Waals surface area contributed by atoms with Crippen LogP contribution in [0.25, 0.3) is 11.1 Å². The van der Waals surface area contributed by atoms with Gasteiger partial charge in [0.1, 0.15) is 24.2 Å². The topological polar surface area (TPSA) is 86.2 Å². The zero-order valence-electron chi connectivity index (χ0n) is 23.8. The van der Waals surface area contributed by atoms with Gasteiger partial charge >= 0.3 is 5.97 Å². The molecule has 4 aromatic carbocycles. The van der Waals surface area contributed by atoms with Gasteiger partial charge in [-0.05, 0) is 89.3 Å². The summed E-state index contributed by atoms with van der Waals surface area (Å²) in [6.45, 7) is 5.81. The number of fused-ring (bicyclic) bond motifs is 1. The molecule has 0 saturated carbocycles. The molecule has 7 nitrogen and oxygen atoms in total. The van der Waals surface area contributed by atoms with Gasteiger partial charge in [0, 0.05) is 6.54 Å². The van der Waals surface area contributed by atoms with E-state index in [4.69, 9.17) is 18.9 Å². The Bertz CT molecular complexity index is 1510. The van der Waals surface area contributed by atoms with Crippen molar-refractivity contribution in [1.29, 1.82) is 0 Å². The van der Waals surface area contributed by atoms with Gasteiger partial charge in [-0.1, -0.05) is 62.4 Å². The average Bonchev–Trinajstić information content (AvgIpc) is 3.51. The first-order valence-electron chi connectivity index (χ1n) is 14.2. The minimum absolute atomic E-state index is 0.204. The van der Waals surface area contributed by atoms with E-state index in [1.165, 1.54) is 0 Å². The smallest absolute Gasteiger partial charge is 0.343 e. The van der Waals surface area contributed by atoms with Crippen molar-refractivity contribution in [2.24, 2.45) is 0 Å². The van der Waals surface area contributed by atoms with Crippen LogP contribution in [0.15, 0.2) is 97.1 Å². The van der Waals surface area contributed by atoms with Gasteiger partial charge in [-0.25, -0.2) is 4.79 Å². The fourth-order valence-electron chi connectivity index (χ4n) is 4.83. The maximum absolute atomic E-state index is 12.6. The van der Waals surface area contributed by atoms with Gasteiger partial charge < -0.3 is 29.4 Å². The first kappa shape index (κ1) is 28.9. The Balaban J connectivity index is 1.46. The molecule has 42 heavy (non-hydrogen) atoms. The average molecular weight is 566 g/mol. The normalized spacial score (nSPS) is 13.3. The highest BCUT2D eigenvalue weighted by molar-refractivity contribution is 5.99. The minimum atomic E-state index is -0.590. The van der Waals surface area contributed by atoms with E-state index in [0.29, 0.717) is 23.6 Å². The molecule has 0 amide bonds. The quantitative estimate of drug-likeness (QED) is 0.118. The summed E-state index contributed by atoms with van der Waals surface area (Å²) in [5, 5.41) is 13.2. The molecule has 1 atom stereocenters. The van der Waals surface area contributed by atoms with E-state index in [1.807, 2.05) is 79.7 Å². The molecule has 0 bridgehead atoms. The molecule has 0 radical (unpaired) electrons. The van der Waals surface area contributed by atoms with E-state index in [1.54, 1.807) is 24.3 Å². The zero-order chi connectivity index (χ0) is 29.3. The molecule has 0 spiro atoms. The second kappa shape index (κ2) is 13.9. The number of hydrogen-bond donors (Lipinski definition) is 2. The second-order valence-corrected chi connectivity index (χ2v) is 9.85. The Morgan fingerprint density at radius 1 is 0.810 bits per heavy atom. The molecule has 4 aromatic rings. The first-order chi connectivity index (χ1) is 20.6. The first-order valence-corrected chi connectivity index (χ1v) is 14.2. The van der Waals surface area contributed by atoms with E-state index >= 15 is 0 Å². The van der Waals surface area contributed by atoms with Crippen molar-refractivity contribution in [1.82, 2.24) is 5.32 Å². The summed E-state index contributed by atoms with van der Waals surface area (Å²) in [4.78, 5) is 12.6. The Morgan fingerprint density at radius 2 is 1.45 bits per heavy atom. The predicted octanol–water partition coefficient (Wildman–Crippen LogP) is 6.35. The zero-order valence-corrected chi connectivity index (χ0v) is 23.8. The minimum Gasteiger partial charge on any atom is -0.491 e. The number of esters is 1. The molecule has 0 aromatic heterocycles. The molecule has 1 heterocycles. The Kier molecular flexibility index (Phi) is 9.54. The fourth-order valence-corrected chi connectivity index (χ4v) is 4.83. The summed E-state index contributed by atoms with van der Waals surface area (Å²) >= 11 is 0. The molecule has 0 saturated heterocycles. The molecule has 0 aliphatic carbocycles. The van der Waals surface area contributed by atoms with Crippen LogP contribution in [0.5, 0.6) is 23.0 Å². The van der Waals surface area contributed by atoms with Crippen LogP contribution in [0, 0.1) is 0 Å². The van der Waals surface area contributed by atoms with Crippen molar-refractivity contribution < 1.29 is 28.8 Å². The number of nitrogens with one attached hydrogen (secondary N) is 1. The number of aliphatic hydroxyl groups excluding tert-OH is 1. The Labute approximate surface area is 246 Å². The number of benzene rings is 4. The maximum Gasteiger partial charge on any atom is 0.343 e. The number of hydrogen-bond acceptors (Lipinski definition) is 7. The summed E-state index contributed by atoms with van der Waals surface area (Å²) in [5.74, 6) is 2.20. The summed E-state index contributed by atoms with van der Waals surface area (Å²) in [6.07, 6.45) is 0.168. The monoisotopic (exact) mass is 565 g/mol. The number of carbonyl (C=O) groups excluding carboxylic acids is 1. The van der Waals surface area contributed by atoms with Gasteiger partial charge in [-0.15, -0.1) is 0 Å². The molecule has 1 aliphatic heterocycles. The number of carbonyl (C=O) groups is 1. The third-order valence-electron chi connectivity index (χ3n) is 6.95. The molecule has 7 heteroatoms. The van der Waals surface area contributed by atoms with Crippen LogP contribution >= 0.6 is 0 Å². The van der Waals surface area contributed by atoms with Crippen LogP contribution in [-0.2, 0) is 0 Å². The lowest BCUT2D eigenvalue weighted by atomic mass is 9.88. The highest BCUT2D eigenvalue weighted by atomic mass is 16.7. The highest BCUT2D eigenvalue weighted by Crippen LogP contribution is 2.40. The van der Waals surface area contributed by atoms with Crippen molar-refractivity contribution in [2.45, 2.75) is 26.4 Å². The summed E-state index contributed by atoms with van der Waals surface area (Å²) < 4.78 is 22.7. The van der Waals surface area contributed by atoms with Crippen LogP contribution in [0.2, 0.25) is 0 Å². The van der Waals surface area contributed by atoms with Gasteiger partial charge in [-0.3, -0.25) is 0 Å². The number of ether oxygens (including phenoxy) is 4. The third kappa shape index (κ3) is 7.00. The summed E-state index contributed by atoms with van der Waals surface area (Å²) in [7, 11) is 0. The molecule has 5 rings (SSSR count). The summed E-state index contributed by atoms with van der Waals surface area (Å²) in [5.41, 5.74) is 5.66. The van der Waals surface area contributed by atoms with Gasteiger partial charge in [0.2, 0.25) is 6.79 Å². The lowest BCUT2D eigenvalue weighted by Gasteiger charge is -2.18. The van der Waals surface area contributed by atoms with E-state index in [2.05, 4.69) is 12.2 Å². The lowest BCUT2D eigenvalue weighted by molar-refractivity contribution is 0.0734. The predicted molar refractivity (Wildman–Crippen MR) is 163 cm³/mol. The van der Waals surface area contributed by atoms with Crippen molar-refractivity contribution in [3.05, 3.63) is 119 Å². The Morgan fingerprint density at radius 3 is 2.12 bits per heavy atom. The van der Waals surface area contributed by atoms with Crippen LogP contribution in [0.4, 0.5) is 0 Å². The largest absolute Gasteiger partial charge is 0.491 e. The highest BCUT2D eigenvalue weighted by Gasteiger charge is 2.19. The van der Waals surface area contributed by atoms with Crippen molar-refractivity contribution in [3.63, 3.8) is 0 Å². The number of allylic oxidation sites excluding steroid dienone is 1. The maximum atomic E-state index is 12.6. The number of rotatable bonds is 12. The van der Waals surface area contributed by atoms with Crippen molar-refractivity contribution in [2.75, 3.05) is 26.5 Å². The van der Waals surface area contributed by atoms with Crippen LogP contribution in [0.3, 0.4) is 0 Å². The Hall–Kier alpha value is -4.59. The van der Waals surface area contributed by atoms with Crippen LogP contribution in [0.1, 0.15) is 47.3 Å². The van der Waals surface area contributed by atoms with Gasteiger partial charge in [-0.2, -0.15) is 0 Å². The second-order valence-electron chi connectivity index (χ2n) is 9.85. The summed E-state index contributed by atoms with van der Waals surface area (Å²) in [6, 6.07) is 30.4. The molecule has 1 unspecified atom stereocenters. The molecule has 216 valence electrons. The van der Waals surface area contributed by atoms with Crippen molar-refractivity contribution >= 4 is 17.1 Å². The van der Waals surface area contributed by atoms with Gasteiger partial charge in [0.05, 0.1) is 5.56 Å². The number of likely N-dealkylation sites (N-methyl/N-ethyl adjacent to an activating group) is 1. The van der Waals surface area contributed by atoms with Gasteiger partial charge in [0.15, 0.2) is 11.5 Å². The van der Waals surface area contributed by atoms with E-state index in [9.17, 15) is 9.90 Å². The standard InChI is InChI=1S/C35H35NO6/c1-3-31(27-14-19-32-33(20-27)41-23-40-32)34(24-10-15-29(16-11-24)39-22-28(37)21-36-4-2)25-12-17-30(18-13-25)42-35(38)26-8-6-5-7-9-26/h5-20,28,36-37H,3-4,21-23H2,1-2H3/b34-31+. The molecule has 2 N–H and O–H groups in total. The molecular formula is C35H35NO6. The lowest BCUT2D eigenvalue weighted by Crippen LogP contribution is -2.31. The van der Waals surface area contributed by atoms with Crippen molar-refractivity contribution in [3.8, 4) is 23.0 Å². The number of aliphatic hydroxyl groups is 1. The SMILES string of the molecule is CCNCC(O)COc1ccc(/C(=C(/CC)c2ccc3c(c2)OCO3)c2ccc(OC(=O)c3ccccc3)cc2)cc1. The van der Waals surface area contributed by atoms with Crippen LogP contribution < -0.4 is 24.3 Å².